The van der Waals surface area contributed by atoms with E-state index in [1.54, 1.807) is 60.7 Å². The SMILES string of the molecule is COc1cc2cc(c1Cl)N(C)C(=O)C[C@H](OC(=O)[C@H](C)OCCOCCSSC)[C@]1(C)O[C@H]1[C@H](C)[C@@H]1C[C@@](O)(NC(=O)O1)[C@H](OC)/C=C/C=C(\C)C2. The van der Waals surface area contributed by atoms with E-state index in [4.69, 9.17) is 44.8 Å². The standard InChI is InChI=1S/C36H51ClN2O11S2/c1-21-10-9-11-28(45-7)36(43)20-27(48-34(42)38-36)22(2)32-35(4,50-32)29(49-33(41)23(3)47-13-12-46-14-15-52-51-8)19-30(40)39(5)25-17-24(16-21)18-26(44-6)31(25)37/h9-11,17-18,22-23,27-29,32,43H,12-16,19-20H2,1-8H3,(H,38,42)/b11-9+,21-10+/t22-,23+,27+,28-,29+,32+,35+,36+/m1/s1. The third kappa shape index (κ3) is 10.4. The van der Waals surface area contributed by atoms with Gasteiger partial charge in [-0.2, -0.15) is 0 Å². The average Bonchev–Trinajstić information content (AvgIpc) is 3.80. The normalized spacial score (nSPS) is 31.7. The molecule has 4 bridgehead atoms. The van der Waals surface area contributed by atoms with E-state index >= 15 is 0 Å². The highest BCUT2D eigenvalue weighted by Gasteiger charge is 2.64. The highest BCUT2D eigenvalue weighted by molar-refractivity contribution is 8.76. The molecule has 0 unspecified atom stereocenters. The van der Waals surface area contributed by atoms with Crippen molar-refractivity contribution in [2.75, 3.05) is 58.0 Å². The zero-order valence-corrected chi connectivity index (χ0v) is 33.4. The number of methoxy groups -OCH3 is 2. The van der Waals surface area contributed by atoms with Gasteiger partial charge in [0, 0.05) is 32.2 Å². The number of carbonyl (C=O) groups is 3. The predicted molar refractivity (Wildman–Crippen MR) is 201 cm³/mol. The fourth-order valence-electron chi connectivity index (χ4n) is 6.47. The van der Waals surface area contributed by atoms with Crippen molar-refractivity contribution >= 4 is 56.8 Å². The van der Waals surface area contributed by atoms with Crippen LogP contribution < -0.4 is 15.0 Å². The van der Waals surface area contributed by atoms with Crippen molar-refractivity contribution in [3.8, 4) is 5.75 Å². The number of nitrogens with one attached hydrogen (secondary N) is 1. The first kappa shape index (κ1) is 42.2. The Balaban J connectivity index is 1.66. The van der Waals surface area contributed by atoms with E-state index in [0.29, 0.717) is 31.1 Å². The fourth-order valence-corrected chi connectivity index (χ4v) is 7.84. The van der Waals surface area contributed by atoms with Gasteiger partial charge in [0.05, 0.1) is 45.1 Å². The number of fused-ring (bicyclic) bond motifs is 5. The van der Waals surface area contributed by atoms with Gasteiger partial charge >= 0.3 is 12.1 Å². The molecule has 3 heterocycles. The van der Waals surface area contributed by atoms with E-state index in [2.05, 4.69) is 5.32 Å². The monoisotopic (exact) mass is 786 g/mol. The van der Waals surface area contributed by atoms with Crippen LogP contribution in [0.3, 0.4) is 0 Å². The first-order valence-corrected chi connectivity index (χ1v) is 20.2. The van der Waals surface area contributed by atoms with Crippen molar-refractivity contribution in [3.63, 3.8) is 0 Å². The van der Waals surface area contributed by atoms with E-state index < -0.39 is 65.7 Å². The maximum Gasteiger partial charge on any atom is 0.409 e. The lowest BCUT2D eigenvalue weighted by Gasteiger charge is -2.42. The van der Waals surface area contributed by atoms with Crippen LogP contribution in [0.25, 0.3) is 0 Å². The van der Waals surface area contributed by atoms with Gasteiger partial charge in [-0.1, -0.05) is 63.9 Å². The number of aliphatic hydroxyl groups is 1. The summed E-state index contributed by atoms with van der Waals surface area (Å²) in [5.41, 5.74) is -0.780. The predicted octanol–water partition coefficient (Wildman–Crippen LogP) is 5.10. The van der Waals surface area contributed by atoms with Crippen LogP contribution >= 0.6 is 33.2 Å². The second kappa shape index (κ2) is 18.7. The molecule has 1 aromatic carbocycles. The molecule has 13 nitrogen and oxygen atoms in total. The summed E-state index contributed by atoms with van der Waals surface area (Å²) in [5.74, 6) is -0.347. The molecule has 1 aromatic rings. The number of nitrogens with zero attached hydrogens (tertiary/aromatic N) is 1. The van der Waals surface area contributed by atoms with Crippen LogP contribution in [0.4, 0.5) is 10.5 Å². The zero-order chi connectivity index (χ0) is 38.2. The van der Waals surface area contributed by atoms with Crippen molar-refractivity contribution in [3.05, 3.63) is 46.5 Å². The van der Waals surface area contributed by atoms with Crippen LogP contribution in [0.15, 0.2) is 35.9 Å². The number of anilines is 1. The second-order valence-electron chi connectivity index (χ2n) is 13.3. The number of hydrogen-bond donors (Lipinski definition) is 2. The molecule has 2 amide bonds. The number of rotatable bonds is 12. The van der Waals surface area contributed by atoms with Crippen molar-refractivity contribution in [1.29, 1.82) is 0 Å². The van der Waals surface area contributed by atoms with Gasteiger partial charge in [0.25, 0.3) is 0 Å². The van der Waals surface area contributed by atoms with Crippen LogP contribution in [-0.2, 0) is 44.4 Å². The van der Waals surface area contributed by atoms with Crippen LogP contribution in [0.1, 0.15) is 46.1 Å². The van der Waals surface area contributed by atoms with Crippen molar-refractivity contribution in [2.45, 2.75) is 88.8 Å². The smallest absolute Gasteiger partial charge is 0.409 e. The number of carbonyl (C=O) groups excluding carboxylic acids is 3. The highest BCUT2D eigenvalue weighted by Crippen LogP contribution is 2.49. The molecule has 2 fully saturated rings. The second-order valence-corrected chi connectivity index (χ2v) is 16.4. The lowest BCUT2D eigenvalue weighted by atomic mass is 9.83. The van der Waals surface area contributed by atoms with Gasteiger partial charge in [0.15, 0.2) is 11.8 Å². The number of amides is 2. The van der Waals surface area contributed by atoms with E-state index in [-0.39, 0.29) is 24.5 Å². The summed E-state index contributed by atoms with van der Waals surface area (Å²) >= 11 is 6.75. The molecule has 3 aliphatic heterocycles. The molecule has 0 radical (unpaired) electrons. The van der Waals surface area contributed by atoms with Crippen LogP contribution in [0.2, 0.25) is 5.02 Å². The number of hydrogen-bond acceptors (Lipinski definition) is 13. The third-order valence-electron chi connectivity index (χ3n) is 9.57. The largest absolute Gasteiger partial charge is 0.495 e. The van der Waals surface area contributed by atoms with Gasteiger partial charge in [-0.15, -0.1) is 0 Å². The Bertz CT molecular complexity index is 1500. The number of halogens is 1. The van der Waals surface area contributed by atoms with Crippen LogP contribution in [0, 0.1) is 5.92 Å². The molecule has 52 heavy (non-hydrogen) atoms. The molecule has 0 spiro atoms. The Labute approximate surface area is 318 Å². The summed E-state index contributed by atoms with van der Waals surface area (Å²) in [6.45, 7) is 8.11. The van der Waals surface area contributed by atoms with Crippen molar-refractivity contribution in [2.24, 2.45) is 5.92 Å². The number of epoxide rings is 1. The van der Waals surface area contributed by atoms with E-state index in [1.807, 2.05) is 32.2 Å². The van der Waals surface area contributed by atoms with Crippen molar-refractivity contribution in [1.82, 2.24) is 5.32 Å². The fraction of sp³-hybridized carbons (Fsp3) is 0.639. The maximum atomic E-state index is 14.1. The van der Waals surface area contributed by atoms with E-state index in [0.717, 1.165) is 16.9 Å². The number of benzene rings is 1. The molecule has 8 atom stereocenters. The molecule has 290 valence electrons. The topological polar surface area (TPSA) is 155 Å². The van der Waals surface area contributed by atoms with Gasteiger partial charge in [0.2, 0.25) is 5.91 Å². The molecule has 0 aromatic heterocycles. The molecular weight excluding hydrogens is 736 g/mol. The van der Waals surface area contributed by atoms with Gasteiger partial charge in [-0.05, 0) is 51.1 Å². The number of ether oxygens (including phenoxy) is 7. The first-order chi connectivity index (χ1) is 24.7. The van der Waals surface area contributed by atoms with E-state index in [1.165, 1.54) is 19.1 Å². The molecule has 0 saturated carbocycles. The summed E-state index contributed by atoms with van der Waals surface area (Å²) in [6, 6.07) is 3.62. The third-order valence-corrected chi connectivity index (χ3v) is 11.7. The molecule has 3 aliphatic rings. The Kier molecular flexibility index (Phi) is 15.2. The average molecular weight is 787 g/mol. The number of allylic oxidation sites excluding steroid dienone is 3. The minimum atomic E-state index is -1.80. The van der Waals surface area contributed by atoms with Gasteiger partial charge in [-0.3, -0.25) is 10.1 Å². The quantitative estimate of drug-likeness (QED) is 0.125. The first-order valence-electron chi connectivity index (χ1n) is 17.1. The zero-order valence-electron chi connectivity index (χ0n) is 31.0. The van der Waals surface area contributed by atoms with Gasteiger partial charge in [-0.25, -0.2) is 9.59 Å². The van der Waals surface area contributed by atoms with Gasteiger partial charge < -0.3 is 43.2 Å². The summed E-state index contributed by atoms with van der Waals surface area (Å²) in [5, 5.41) is 14.5. The molecule has 4 rings (SSSR count). The van der Waals surface area contributed by atoms with Gasteiger partial charge in [0.1, 0.15) is 34.7 Å². The van der Waals surface area contributed by atoms with Crippen LogP contribution in [0.5, 0.6) is 5.75 Å². The Morgan fingerprint density at radius 3 is 2.67 bits per heavy atom. The molecule has 2 N–H and O–H groups in total. The van der Waals surface area contributed by atoms with E-state index in [9.17, 15) is 19.5 Å². The highest BCUT2D eigenvalue weighted by atomic mass is 35.5. The molecular formula is C36H51ClN2O11S2. The Morgan fingerprint density at radius 2 is 1.98 bits per heavy atom. The molecule has 0 aliphatic carbocycles. The Morgan fingerprint density at radius 1 is 1.23 bits per heavy atom. The summed E-state index contributed by atoms with van der Waals surface area (Å²) < 4.78 is 40.4. The maximum absolute atomic E-state index is 14.1. The Hall–Kier alpha value is -2.50. The lowest BCUT2D eigenvalue weighted by Crippen LogP contribution is -2.63. The minimum Gasteiger partial charge on any atom is -0.495 e. The molecule has 16 heteroatoms. The van der Waals surface area contributed by atoms with Crippen molar-refractivity contribution < 1.29 is 52.6 Å². The minimum absolute atomic E-state index is 0.0272. The number of alkyl carbamates (subject to hydrolysis) is 1. The van der Waals surface area contributed by atoms with Crippen LogP contribution in [-0.4, -0.2) is 118 Å². The number of esters is 1. The lowest BCUT2D eigenvalue weighted by molar-refractivity contribution is -0.166. The summed E-state index contributed by atoms with van der Waals surface area (Å²) in [7, 11) is 7.89. The molecule has 2 saturated heterocycles. The summed E-state index contributed by atoms with van der Waals surface area (Å²) in [6.07, 6.45) is 2.27. The summed E-state index contributed by atoms with van der Waals surface area (Å²) in [4.78, 5) is 41.7.